The summed E-state index contributed by atoms with van der Waals surface area (Å²) in [7, 11) is 0. The van der Waals surface area contributed by atoms with Crippen LogP contribution in [0.1, 0.15) is 35.8 Å². The van der Waals surface area contributed by atoms with Gasteiger partial charge in [0.15, 0.2) is 5.78 Å². The van der Waals surface area contributed by atoms with E-state index in [1.54, 1.807) is 0 Å². The third kappa shape index (κ3) is 2.59. The van der Waals surface area contributed by atoms with Crippen molar-refractivity contribution in [2.24, 2.45) is 5.92 Å². The first-order valence-electron chi connectivity index (χ1n) is 7.22. The first kappa shape index (κ1) is 13.3. The van der Waals surface area contributed by atoms with Gasteiger partial charge in [0.05, 0.1) is 5.52 Å². The Morgan fingerprint density at radius 1 is 1.35 bits per heavy atom. The highest BCUT2D eigenvalue weighted by molar-refractivity contribution is 6.02. The number of hydrogen-bond acceptors (Lipinski definition) is 3. The van der Waals surface area contributed by atoms with Crippen molar-refractivity contribution in [3.05, 3.63) is 41.6 Å². The molecule has 104 valence electrons. The van der Waals surface area contributed by atoms with Gasteiger partial charge in [0.1, 0.15) is 6.10 Å². The van der Waals surface area contributed by atoms with Gasteiger partial charge in [-0.3, -0.25) is 9.78 Å². The van der Waals surface area contributed by atoms with Crippen LogP contribution in [-0.2, 0) is 4.74 Å². The first-order valence-corrected chi connectivity index (χ1v) is 7.22. The summed E-state index contributed by atoms with van der Waals surface area (Å²) in [6.45, 7) is 4.49. The summed E-state index contributed by atoms with van der Waals surface area (Å²) in [6.07, 6.45) is 1.94. The zero-order valence-corrected chi connectivity index (χ0v) is 11.9. The lowest BCUT2D eigenvalue weighted by atomic mass is 10.0. The smallest absolute Gasteiger partial charge is 0.191 e. The molecule has 20 heavy (non-hydrogen) atoms. The molecule has 0 amide bonds. The standard InChI is InChI=1S/C17H19NO2/c1-3-20-17(12-6-7-12)16(19)14-8-9-15-13(10-14)5-4-11(2)18-15/h4-5,8-10,12,17H,3,6-7H2,1-2H3. The molecule has 2 aromatic rings. The molecule has 3 rings (SSSR count). The average Bonchev–Trinajstić information content (AvgIpc) is 3.28. The molecule has 1 unspecified atom stereocenters. The molecule has 1 heterocycles. The van der Waals surface area contributed by atoms with Crippen LogP contribution in [0.15, 0.2) is 30.3 Å². The quantitative estimate of drug-likeness (QED) is 0.779. The van der Waals surface area contributed by atoms with Crippen molar-refractivity contribution in [1.29, 1.82) is 0 Å². The van der Waals surface area contributed by atoms with Crippen molar-refractivity contribution in [3.8, 4) is 0 Å². The van der Waals surface area contributed by atoms with Crippen LogP contribution in [0.4, 0.5) is 0 Å². The minimum Gasteiger partial charge on any atom is -0.370 e. The van der Waals surface area contributed by atoms with Gasteiger partial charge in [-0.2, -0.15) is 0 Å². The molecule has 1 aromatic heterocycles. The Hall–Kier alpha value is -1.74. The number of benzene rings is 1. The Kier molecular flexibility index (Phi) is 3.53. The Bertz CT molecular complexity index is 646. The van der Waals surface area contributed by atoms with Crippen LogP contribution >= 0.6 is 0 Å². The van der Waals surface area contributed by atoms with Crippen molar-refractivity contribution in [2.75, 3.05) is 6.61 Å². The second-order valence-electron chi connectivity index (χ2n) is 5.44. The number of ketones is 1. The highest BCUT2D eigenvalue weighted by Crippen LogP contribution is 2.36. The summed E-state index contributed by atoms with van der Waals surface area (Å²) >= 11 is 0. The number of nitrogens with zero attached hydrogens (tertiary/aromatic N) is 1. The fourth-order valence-electron chi connectivity index (χ4n) is 2.55. The summed E-state index contributed by atoms with van der Waals surface area (Å²) in [4.78, 5) is 17.0. The van der Waals surface area contributed by atoms with E-state index in [4.69, 9.17) is 4.74 Å². The van der Waals surface area contributed by atoms with Crippen LogP contribution in [0.3, 0.4) is 0 Å². The molecular formula is C17H19NO2. The largest absolute Gasteiger partial charge is 0.370 e. The van der Waals surface area contributed by atoms with Crippen molar-refractivity contribution >= 4 is 16.7 Å². The van der Waals surface area contributed by atoms with Gasteiger partial charge >= 0.3 is 0 Å². The molecule has 0 N–H and O–H groups in total. The molecule has 1 aromatic carbocycles. The van der Waals surface area contributed by atoms with Crippen LogP contribution in [-0.4, -0.2) is 23.5 Å². The van der Waals surface area contributed by atoms with Gasteiger partial charge in [-0.15, -0.1) is 0 Å². The summed E-state index contributed by atoms with van der Waals surface area (Å²) in [5.74, 6) is 0.520. The maximum Gasteiger partial charge on any atom is 0.191 e. The monoisotopic (exact) mass is 269 g/mol. The van der Waals surface area contributed by atoms with Gasteiger partial charge in [-0.25, -0.2) is 0 Å². The molecule has 0 radical (unpaired) electrons. The summed E-state index contributed by atoms with van der Waals surface area (Å²) in [5, 5.41) is 1.01. The molecule has 1 fully saturated rings. The zero-order valence-electron chi connectivity index (χ0n) is 11.9. The summed E-state index contributed by atoms with van der Waals surface area (Å²) in [5.41, 5.74) is 2.65. The lowest BCUT2D eigenvalue weighted by Gasteiger charge is -2.15. The maximum absolute atomic E-state index is 12.6. The molecule has 1 atom stereocenters. The number of carbonyl (C=O) groups is 1. The van der Waals surface area contributed by atoms with E-state index < -0.39 is 0 Å². The number of hydrogen-bond donors (Lipinski definition) is 0. The number of carbonyl (C=O) groups excluding carboxylic acids is 1. The predicted molar refractivity (Wildman–Crippen MR) is 78.9 cm³/mol. The van der Waals surface area contributed by atoms with Crippen LogP contribution in [0.5, 0.6) is 0 Å². The average molecular weight is 269 g/mol. The molecule has 0 bridgehead atoms. The van der Waals surface area contributed by atoms with Crippen LogP contribution in [0.25, 0.3) is 10.9 Å². The zero-order chi connectivity index (χ0) is 14.1. The highest BCUT2D eigenvalue weighted by atomic mass is 16.5. The van der Waals surface area contributed by atoms with Gasteiger partial charge in [0, 0.05) is 23.3 Å². The van der Waals surface area contributed by atoms with Crippen LogP contribution in [0.2, 0.25) is 0 Å². The molecule has 0 saturated heterocycles. The highest BCUT2D eigenvalue weighted by Gasteiger charge is 2.37. The number of fused-ring (bicyclic) bond motifs is 1. The molecule has 3 nitrogen and oxygen atoms in total. The van der Waals surface area contributed by atoms with Crippen LogP contribution < -0.4 is 0 Å². The molecule has 0 spiro atoms. The van der Waals surface area contributed by atoms with Gasteiger partial charge in [0.2, 0.25) is 0 Å². The van der Waals surface area contributed by atoms with Crippen molar-refractivity contribution in [1.82, 2.24) is 4.98 Å². The molecule has 0 aliphatic heterocycles. The minimum atomic E-state index is -0.268. The predicted octanol–water partition coefficient (Wildman–Crippen LogP) is 3.54. The van der Waals surface area contributed by atoms with Crippen molar-refractivity contribution in [3.63, 3.8) is 0 Å². The van der Waals surface area contributed by atoms with Crippen molar-refractivity contribution in [2.45, 2.75) is 32.8 Å². The van der Waals surface area contributed by atoms with E-state index in [1.807, 2.05) is 44.2 Å². The number of Topliss-reactive ketones (excluding diaryl/α,β-unsaturated/α-hetero) is 1. The van der Waals surface area contributed by atoms with Crippen LogP contribution in [0, 0.1) is 12.8 Å². The number of rotatable bonds is 5. The SMILES string of the molecule is CCOC(C(=O)c1ccc2nc(C)ccc2c1)C1CC1. The number of aryl methyl sites for hydroxylation is 1. The van der Waals surface area contributed by atoms with E-state index in [9.17, 15) is 4.79 Å². The van der Waals surface area contributed by atoms with E-state index in [0.717, 1.165) is 35.0 Å². The Morgan fingerprint density at radius 2 is 2.15 bits per heavy atom. The Morgan fingerprint density at radius 3 is 2.85 bits per heavy atom. The lowest BCUT2D eigenvalue weighted by molar-refractivity contribution is 0.0375. The molecule has 1 saturated carbocycles. The van der Waals surface area contributed by atoms with Gasteiger partial charge < -0.3 is 4.74 Å². The molecule has 1 aliphatic carbocycles. The van der Waals surface area contributed by atoms with Gasteiger partial charge in [-0.05, 0) is 56.9 Å². The first-order chi connectivity index (χ1) is 9.69. The molecule has 3 heteroatoms. The Labute approximate surface area is 119 Å². The van der Waals surface area contributed by atoms with E-state index in [1.165, 1.54) is 0 Å². The van der Waals surface area contributed by atoms with E-state index in [0.29, 0.717) is 12.5 Å². The summed E-state index contributed by atoms with van der Waals surface area (Å²) in [6, 6.07) is 9.70. The number of aromatic nitrogens is 1. The maximum atomic E-state index is 12.6. The van der Waals surface area contributed by atoms with Crippen molar-refractivity contribution < 1.29 is 9.53 Å². The third-order valence-electron chi connectivity index (χ3n) is 3.77. The topological polar surface area (TPSA) is 39.2 Å². The van der Waals surface area contributed by atoms with E-state index >= 15 is 0 Å². The minimum absolute atomic E-state index is 0.108. The normalized spacial score (nSPS) is 16.3. The lowest BCUT2D eigenvalue weighted by Crippen LogP contribution is -2.26. The number of pyridine rings is 1. The fraction of sp³-hybridized carbons (Fsp3) is 0.412. The third-order valence-corrected chi connectivity index (χ3v) is 3.77. The number of ether oxygens (including phenoxy) is 1. The van der Waals surface area contributed by atoms with E-state index in [-0.39, 0.29) is 11.9 Å². The second-order valence-corrected chi connectivity index (χ2v) is 5.44. The molecular weight excluding hydrogens is 250 g/mol. The summed E-state index contributed by atoms with van der Waals surface area (Å²) < 4.78 is 5.65. The van der Waals surface area contributed by atoms with Gasteiger partial charge in [0.25, 0.3) is 0 Å². The van der Waals surface area contributed by atoms with E-state index in [2.05, 4.69) is 4.98 Å². The Balaban J connectivity index is 1.92. The molecule has 1 aliphatic rings. The van der Waals surface area contributed by atoms with Gasteiger partial charge in [-0.1, -0.05) is 6.07 Å². The second kappa shape index (κ2) is 5.33. The fourth-order valence-corrected chi connectivity index (χ4v) is 2.55.